The number of hydrogen-bond acceptors (Lipinski definition) is 3. The van der Waals surface area contributed by atoms with E-state index >= 15 is 0 Å². The molecule has 0 N–H and O–H groups in total. The molecule has 30 heavy (non-hydrogen) atoms. The van der Waals surface area contributed by atoms with Crippen molar-refractivity contribution in [2.45, 2.75) is 65.0 Å². The minimum Gasteiger partial charge on any atom is -0.591 e. The van der Waals surface area contributed by atoms with E-state index in [1.54, 1.807) is 12.1 Å². The van der Waals surface area contributed by atoms with Gasteiger partial charge in [0.05, 0.1) is 23.3 Å². The first-order valence-corrected chi connectivity index (χ1v) is 11.7. The van der Waals surface area contributed by atoms with E-state index in [0.717, 1.165) is 42.8 Å². The molecule has 0 amide bonds. The molecule has 1 aromatic heterocycles. The molecular formula is C24H30FN3OS. The second kappa shape index (κ2) is 7.65. The molecule has 1 fully saturated rings. The van der Waals surface area contributed by atoms with Gasteiger partial charge in [0.25, 0.3) is 0 Å². The Kier molecular flexibility index (Phi) is 5.43. The van der Waals surface area contributed by atoms with Crippen LogP contribution in [0.15, 0.2) is 40.4 Å². The Morgan fingerprint density at radius 1 is 1.33 bits per heavy atom. The van der Waals surface area contributed by atoms with Crippen LogP contribution in [0.1, 0.15) is 65.1 Å². The molecule has 4 rings (SSSR count). The van der Waals surface area contributed by atoms with Crippen LogP contribution in [-0.4, -0.2) is 24.8 Å². The predicted molar refractivity (Wildman–Crippen MR) is 122 cm³/mol. The molecule has 6 heteroatoms. The standard InChI is InChI=1S/C24H30FN3OS/c1-16(27-30(29)23(2,3)4)12-18-6-7-19-13-22-17(14-24(18,19)5)15-26-28(22)21-10-8-20(25)9-11-21/h8-11,13,15,18H,6-7,12,14H2,1-5H3/t18-,24?,30?/m1/s1. The third kappa shape index (κ3) is 3.87. The van der Waals surface area contributed by atoms with E-state index in [-0.39, 0.29) is 16.0 Å². The van der Waals surface area contributed by atoms with Crippen molar-refractivity contribution in [1.29, 1.82) is 0 Å². The molecule has 0 aliphatic heterocycles. The van der Waals surface area contributed by atoms with Gasteiger partial charge in [-0.2, -0.15) is 5.10 Å². The lowest BCUT2D eigenvalue weighted by atomic mass is 9.68. The van der Waals surface area contributed by atoms with Gasteiger partial charge in [0.2, 0.25) is 0 Å². The lowest BCUT2D eigenvalue weighted by molar-refractivity contribution is 0.279. The van der Waals surface area contributed by atoms with Crippen molar-refractivity contribution in [2.75, 3.05) is 0 Å². The SMILES string of the molecule is CC(C[C@H]1CCC2=Cc3c(cnn3-c3ccc(F)cc3)CC21C)=N[S+]([O-])C(C)(C)C. The topological polar surface area (TPSA) is 53.2 Å². The number of halogens is 1. The van der Waals surface area contributed by atoms with Crippen LogP contribution < -0.4 is 0 Å². The van der Waals surface area contributed by atoms with Gasteiger partial charge in [0, 0.05) is 0 Å². The molecule has 0 spiro atoms. The monoisotopic (exact) mass is 427 g/mol. The van der Waals surface area contributed by atoms with Gasteiger partial charge in [0.1, 0.15) is 21.9 Å². The maximum Gasteiger partial charge on any atom is 0.144 e. The van der Waals surface area contributed by atoms with Gasteiger partial charge in [-0.25, -0.2) is 9.07 Å². The molecule has 160 valence electrons. The van der Waals surface area contributed by atoms with Crippen molar-refractivity contribution in [3.05, 3.63) is 53.1 Å². The average Bonchev–Trinajstić information content (AvgIpc) is 3.20. The first kappa shape index (κ1) is 21.3. The Morgan fingerprint density at radius 2 is 2.03 bits per heavy atom. The number of hydrogen-bond donors (Lipinski definition) is 0. The molecule has 0 bridgehead atoms. The summed E-state index contributed by atoms with van der Waals surface area (Å²) in [6.07, 6.45) is 8.22. The summed E-state index contributed by atoms with van der Waals surface area (Å²) in [5, 5.41) is 4.59. The smallest absolute Gasteiger partial charge is 0.144 e. The summed E-state index contributed by atoms with van der Waals surface area (Å²) in [6.45, 7) is 10.2. The van der Waals surface area contributed by atoms with E-state index in [1.807, 2.05) is 38.6 Å². The second-order valence-electron chi connectivity index (χ2n) is 9.83. The quantitative estimate of drug-likeness (QED) is 0.465. The zero-order valence-electron chi connectivity index (χ0n) is 18.4. The fourth-order valence-corrected chi connectivity index (χ4v) is 5.35. The van der Waals surface area contributed by atoms with Gasteiger partial charge in [0.15, 0.2) is 0 Å². The van der Waals surface area contributed by atoms with Crippen molar-refractivity contribution >= 4 is 23.1 Å². The van der Waals surface area contributed by atoms with Gasteiger partial charge in [-0.1, -0.05) is 16.9 Å². The molecule has 0 saturated heterocycles. The van der Waals surface area contributed by atoms with Crippen LogP contribution in [0.5, 0.6) is 0 Å². The molecule has 1 saturated carbocycles. The molecule has 2 aliphatic carbocycles. The highest BCUT2D eigenvalue weighted by Crippen LogP contribution is 2.54. The summed E-state index contributed by atoms with van der Waals surface area (Å²) in [5.41, 5.74) is 5.71. The van der Waals surface area contributed by atoms with Crippen LogP contribution in [0.4, 0.5) is 4.39 Å². The number of benzene rings is 1. The highest BCUT2D eigenvalue weighted by molar-refractivity contribution is 7.91. The van der Waals surface area contributed by atoms with Crippen molar-refractivity contribution in [1.82, 2.24) is 9.78 Å². The largest absolute Gasteiger partial charge is 0.591 e. The first-order valence-electron chi connectivity index (χ1n) is 10.6. The summed E-state index contributed by atoms with van der Waals surface area (Å²) in [4.78, 5) is 0. The summed E-state index contributed by atoms with van der Waals surface area (Å²) in [6, 6.07) is 6.47. The number of aromatic nitrogens is 2. The van der Waals surface area contributed by atoms with Crippen molar-refractivity contribution in [3.8, 4) is 5.69 Å². The second-order valence-corrected chi connectivity index (χ2v) is 11.7. The molecule has 0 radical (unpaired) electrons. The van der Waals surface area contributed by atoms with Gasteiger partial charge in [-0.3, -0.25) is 0 Å². The van der Waals surface area contributed by atoms with Crippen molar-refractivity contribution in [2.24, 2.45) is 15.7 Å². The minimum atomic E-state index is -1.21. The summed E-state index contributed by atoms with van der Waals surface area (Å²) in [5.74, 6) is 0.237. The normalized spacial score (nSPS) is 25.0. The molecule has 1 heterocycles. The molecule has 3 atom stereocenters. The van der Waals surface area contributed by atoms with E-state index < -0.39 is 11.4 Å². The number of nitrogens with zero attached hydrogens (tertiary/aromatic N) is 3. The summed E-state index contributed by atoms with van der Waals surface area (Å²) >= 11 is -1.21. The van der Waals surface area contributed by atoms with Crippen LogP contribution in [0.25, 0.3) is 11.8 Å². The van der Waals surface area contributed by atoms with Crippen molar-refractivity contribution < 1.29 is 8.94 Å². The fourth-order valence-electron chi connectivity index (χ4n) is 4.72. The number of rotatable bonds is 4. The van der Waals surface area contributed by atoms with Crippen LogP contribution in [0.3, 0.4) is 0 Å². The molecular weight excluding hydrogens is 397 g/mol. The van der Waals surface area contributed by atoms with E-state index in [9.17, 15) is 8.94 Å². The molecule has 2 aliphatic rings. The van der Waals surface area contributed by atoms with E-state index in [2.05, 4.69) is 22.5 Å². The maximum absolute atomic E-state index is 13.3. The Labute approximate surface area is 181 Å². The zero-order valence-corrected chi connectivity index (χ0v) is 19.2. The Hall–Kier alpha value is -1.92. The minimum absolute atomic E-state index is 0.0731. The van der Waals surface area contributed by atoms with Crippen LogP contribution in [0.2, 0.25) is 0 Å². The molecule has 2 aromatic rings. The Balaban J connectivity index is 1.58. The van der Waals surface area contributed by atoms with E-state index in [1.165, 1.54) is 23.3 Å². The van der Waals surface area contributed by atoms with E-state index in [4.69, 9.17) is 0 Å². The molecule has 2 unspecified atom stereocenters. The predicted octanol–water partition coefficient (Wildman–Crippen LogP) is 5.68. The van der Waals surface area contributed by atoms with Crippen LogP contribution >= 0.6 is 0 Å². The first-order chi connectivity index (χ1) is 14.1. The highest BCUT2D eigenvalue weighted by atomic mass is 32.2. The highest BCUT2D eigenvalue weighted by Gasteiger charge is 2.45. The molecule has 1 aromatic carbocycles. The average molecular weight is 428 g/mol. The lowest BCUT2D eigenvalue weighted by Crippen LogP contribution is -2.31. The van der Waals surface area contributed by atoms with Gasteiger partial charge < -0.3 is 4.55 Å². The summed E-state index contributed by atoms with van der Waals surface area (Å²) < 4.78 is 31.8. The zero-order chi connectivity index (χ0) is 21.7. The number of allylic oxidation sites excluding steroid dienone is 1. The van der Waals surface area contributed by atoms with Gasteiger partial charge in [-0.05, 0) is 101 Å². The Morgan fingerprint density at radius 3 is 2.70 bits per heavy atom. The summed E-state index contributed by atoms with van der Waals surface area (Å²) in [7, 11) is 0. The van der Waals surface area contributed by atoms with Crippen LogP contribution in [0, 0.1) is 17.2 Å². The number of fused-ring (bicyclic) bond motifs is 2. The third-order valence-corrected chi connectivity index (χ3v) is 8.05. The van der Waals surface area contributed by atoms with Gasteiger partial charge in [-0.15, -0.1) is 0 Å². The fraction of sp³-hybridized carbons (Fsp3) is 0.500. The van der Waals surface area contributed by atoms with Crippen LogP contribution in [-0.2, 0) is 17.8 Å². The molecule has 4 nitrogen and oxygen atoms in total. The lowest BCUT2D eigenvalue weighted by Gasteiger charge is -2.36. The van der Waals surface area contributed by atoms with Crippen molar-refractivity contribution in [3.63, 3.8) is 0 Å². The van der Waals surface area contributed by atoms with Gasteiger partial charge >= 0.3 is 0 Å². The maximum atomic E-state index is 13.3. The Bertz CT molecular complexity index is 1000. The van der Waals surface area contributed by atoms with E-state index in [0.29, 0.717) is 5.92 Å². The third-order valence-electron chi connectivity index (χ3n) is 6.53.